The van der Waals surface area contributed by atoms with Crippen LogP contribution in [0.1, 0.15) is 13.8 Å². The van der Waals surface area contributed by atoms with E-state index in [1.54, 1.807) is 0 Å². The van der Waals surface area contributed by atoms with E-state index in [0.717, 1.165) is 13.1 Å². The molecule has 146 valence electrons. The maximum Gasteiger partial charge on any atom is 0.243 e. The first kappa shape index (κ1) is 23.3. The monoisotopic (exact) mass is 370 g/mol. The maximum atomic E-state index is 9.63. The van der Waals surface area contributed by atoms with Gasteiger partial charge in [-0.2, -0.15) is 0 Å². The zero-order valence-electron chi connectivity index (χ0n) is 15.3. The summed E-state index contributed by atoms with van der Waals surface area (Å²) < 4.78 is 8.31. The van der Waals surface area contributed by atoms with Crippen LogP contribution in [0.2, 0.25) is 0 Å². The fourth-order valence-electron chi connectivity index (χ4n) is 1.64. The van der Waals surface area contributed by atoms with Crippen LogP contribution in [0.15, 0.2) is 37.4 Å². The fraction of sp³-hybridized carbons (Fsp3) is 0.500. The van der Waals surface area contributed by atoms with E-state index in [-0.39, 0.29) is 0 Å². The number of imidazole rings is 2. The highest BCUT2D eigenvalue weighted by molar-refractivity contribution is 5.80. The first-order valence-corrected chi connectivity index (χ1v) is 7.92. The van der Waals surface area contributed by atoms with Crippen LogP contribution in [-0.4, -0.2) is 43.5 Å². The Bertz CT molecular complexity index is 624. The van der Waals surface area contributed by atoms with Crippen LogP contribution in [0, 0.1) is 0 Å². The number of nitrogens with zero attached hydrogens (tertiary/aromatic N) is 4. The maximum absolute atomic E-state index is 9.63. The summed E-state index contributed by atoms with van der Waals surface area (Å²) in [5, 5.41) is 35.7. The van der Waals surface area contributed by atoms with Crippen LogP contribution in [0.4, 0.5) is 0 Å². The molecule has 2 aromatic rings. The third-order valence-electron chi connectivity index (χ3n) is 3.16. The van der Waals surface area contributed by atoms with E-state index >= 15 is 0 Å². The molecular weight excluding hydrogens is 344 g/mol. The van der Waals surface area contributed by atoms with Gasteiger partial charge in [-0.25, -0.2) is 18.3 Å². The van der Waals surface area contributed by atoms with Gasteiger partial charge >= 0.3 is 0 Å². The quantitative estimate of drug-likeness (QED) is 0.513. The number of aliphatic carboxylic acids is 2. The Morgan fingerprint density at radius 3 is 1.31 bits per heavy atom. The second-order valence-electron chi connectivity index (χ2n) is 5.35. The molecule has 0 saturated heterocycles. The highest BCUT2D eigenvalue weighted by Gasteiger charge is 2.17. The second-order valence-corrected chi connectivity index (χ2v) is 5.35. The normalized spacial score (nSPS) is 12.1. The summed E-state index contributed by atoms with van der Waals surface area (Å²) in [6.07, 6.45) is 7.41. The van der Waals surface area contributed by atoms with Gasteiger partial charge in [0, 0.05) is 0 Å². The van der Waals surface area contributed by atoms with Gasteiger partial charge in [0.15, 0.2) is 0 Å². The first-order valence-electron chi connectivity index (χ1n) is 7.92. The number of aryl methyl sites for hydroxylation is 4. The number of rotatable bonds is 5. The van der Waals surface area contributed by atoms with Crippen molar-refractivity contribution in [2.75, 3.05) is 0 Å². The van der Waals surface area contributed by atoms with E-state index in [0.29, 0.717) is 0 Å². The van der Waals surface area contributed by atoms with Crippen molar-refractivity contribution in [2.24, 2.45) is 14.1 Å². The van der Waals surface area contributed by atoms with Crippen molar-refractivity contribution < 1.29 is 39.1 Å². The van der Waals surface area contributed by atoms with Crippen molar-refractivity contribution in [3.8, 4) is 0 Å². The average Bonchev–Trinajstić information content (AvgIpc) is 3.22. The molecule has 0 aliphatic rings. The zero-order chi connectivity index (χ0) is 20.3. The topological polar surface area (TPSA) is 138 Å². The van der Waals surface area contributed by atoms with Crippen molar-refractivity contribution >= 4 is 11.9 Å². The molecular formula is C16H26N4O6. The largest absolute Gasteiger partial charge is 0.547 e. The van der Waals surface area contributed by atoms with Gasteiger partial charge in [-0.1, -0.05) is 0 Å². The smallest absolute Gasteiger partial charge is 0.243 e. The summed E-state index contributed by atoms with van der Waals surface area (Å²) in [7, 11) is 4.04. The Morgan fingerprint density at radius 2 is 1.19 bits per heavy atom. The van der Waals surface area contributed by atoms with E-state index in [1.165, 1.54) is 0 Å². The van der Waals surface area contributed by atoms with Crippen LogP contribution in [-0.2, 0) is 36.8 Å². The lowest BCUT2D eigenvalue weighted by Crippen LogP contribution is -2.51. The molecule has 0 fully saturated rings. The number of aliphatic hydroxyl groups is 2. The van der Waals surface area contributed by atoms with Crippen molar-refractivity contribution in [1.82, 2.24) is 9.13 Å². The lowest BCUT2D eigenvalue weighted by atomic mass is 10.2. The summed E-state index contributed by atoms with van der Waals surface area (Å²) in [5.41, 5.74) is 0. The van der Waals surface area contributed by atoms with E-state index < -0.39 is 24.1 Å². The minimum Gasteiger partial charge on any atom is -0.547 e. The minimum absolute atomic E-state index is 1.06. The SMILES string of the molecule is CC[n+]1ccn(C)c1.CC[n+]1ccn(C)c1.O=C([O-])C(O)C(O)C(=O)[O-]. The van der Waals surface area contributed by atoms with Crippen LogP contribution in [0.5, 0.6) is 0 Å². The third kappa shape index (κ3) is 8.94. The highest BCUT2D eigenvalue weighted by atomic mass is 16.4. The Morgan fingerprint density at radius 1 is 0.885 bits per heavy atom. The molecule has 10 nitrogen and oxygen atoms in total. The van der Waals surface area contributed by atoms with Crippen LogP contribution in [0.25, 0.3) is 0 Å². The van der Waals surface area contributed by atoms with Crippen molar-refractivity contribution in [3.63, 3.8) is 0 Å². The molecule has 2 atom stereocenters. The van der Waals surface area contributed by atoms with E-state index in [9.17, 15) is 19.8 Å². The lowest BCUT2D eigenvalue weighted by Gasteiger charge is -2.18. The van der Waals surface area contributed by atoms with Gasteiger partial charge in [0.1, 0.15) is 37.0 Å². The van der Waals surface area contributed by atoms with Gasteiger partial charge in [0.05, 0.1) is 39.1 Å². The molecule has 2 rings (SSSR count). The van der Waals surface area contributed by atoms with Gasteiger partial charge in [0.25, 0.3) is 0 Å². The third-order valence-corrected chi connectivity index (χ3v) is 3.16. The average molecular weight is 370 g/mol. The molecule has 0 saturated carbocycles. The van der Waals surface area contributed by atoms with Gasteiger partial charge in [-0.15, -0.1) is 0 Å². The summed E-state index contributed by atoms with van der Waals surface area (Å²) in [6.45, 7) is 6.36. The van der Waals surface area contributed by atoms with E-state index in [2.05, 4.69) is 48.0 Å². The van der Waals surface area contributed by atoms with Crippen molar-refractivity contribution in [3.05, 3.63) is 37.4 Å². The Labute approximate surface area is 151 Å². The molecule has 2 aromatic heterocycles. The molecule has 2 unspecified atom stereocenters. The highest BCUT2D eigenvalue weighted by Crippen LogP contribution is 1.89. The Hall–Kier alpha value is -2.72. The second kappa shape index (κ2) is 11.8. The fourth-order valence-corrected chi connectivity index (χ4v) is 1.64. The first-order chi connectivity index (χ1) is 12.1. The number of carboxylic acid groups (broad SMARTS) is 2. The predicted molar refractivity (Wildman–Crippen MR) is 84.6 cm³/mol. The zero-order valence-corrected chi connectivity index (χ0v) is 15.3. The summed E-state index contributed by atoms with van der Waals surface area (Å²) in [4.78, 5) is 19.3. The lowest BCUT2D eigenvalue weighted by molar-refractivity contribution is -0.693. The molecule has 2 N–H and O–H groups in total. The summed E-state index contributed by atoms with van der Waals surface area (Å²) in [5.74, 6) is -4.12. The number of carbonyl (C=O) groups excluding carboxylic acids is 2. The minimum atomic E-state index is -2.44. The molecule has 0 bridgehead atoms. The Kier molecular flexibility index (Phi) is 10.5. The molecule has 0 amide bonds. The van der Waals surface area contributed by atoms with Crippen molar-refractivity contribution in [2.45, 2.75) is 39.1 Å². The number of aliphatic hydroxyl groups excluding tert-OH is 2. The molecule has 26 heavy (non-hydrogen) atoms. The number of aromatic nitrogens is 4. The number of hydrogen-bond donors (Lipinski definition) is 2. The summed E-state index contributed by atoms with van der Waals surface area (Å²) in [6, 6.07) is 0. The van der Waals surface area contributed by atoms with Crippen molar-refractivity contribution in [1.29, 1.82) is 0 Å². The number of carboxylic acids is 2. The number of hydrogen-bond acceptors (Lipinski definition) is 6. The molecule has 0 spiro atoms. The Balaban J connectivity index is 0.000000363. The van der Waals surface area contributed by atoms with Gasteiger partial charge in [-0.05, 0) is 13.8 Å². The van der Waals surface area contributed by atoms with Crippen LogP contribution in [0.3, 0.4) is 0 Å². The van der Waals surface area contributed by atoms with Gasteiger partial charge in [0.2, 0.25) is 12.7 Å². The number of carbonyl (C=O) groups is 2. The molecule has 0 aromatic carbocycles. The molecule has 0 radical (unpaired) electrons. The van der Waals surface area contributed by atoms with Crippen LogP contribution < -0.4 is 19.3 Å². The van der Waals surface area contributed by atoms with Gasteiger partial charge in [-0.3, -0.25) is 0 Å². The predicted octanol–water partition coefficient (Wildman–Crippen LogP) is -4.13. The molecule has 2 heterocycles. The van der Waals surface area contributed by atoms with E-state index in [4.69, 9.17) is 10.2 Å². The van der Waals surface area contributed by atoms with Gasteiger partial charge < -0.3 is 30.0 Å². The molecule has 10 heteroatoms. The van der Waals surface area contributed by atoms with E-state index in [1.807, 2.05) is 35.6 Å². The molecule has 0 aliphatic carbocycles. The molecule has 0 aliphatic heterocycles. The summed E-state index contributed by atoms with van der Waals surface area (Å²) >= 11 is 0. The standard InChI is InChI=1S/2C6H11N2.C4H6O6/c2*1-3-8-5-4-7(2)6-8;5-1(3(7)8)2(6)4(9)10/h2*4-6H,3H2,1-2H3;1-2,5-6H,(H,7,8)(H,9,10)/q2*+1;/p-2. The van der Waals surface area contributed by atoms with Crippen LogP contribution >= 0.6 is 0 Å².